The number of hydrogen-bond acceptors (Lipinski definition) is 2. The molecule has 2 unspecified atom stereocenters. The normalized spacial score (nSPS) is 19.8. The second kappa shape index (κ2) is 6.18. The summed E-state index contributed by atoms with van der Waals surface area (Å²) < 4.78 is 0. The average molecular weight is 289 g/mol. The maximum Gasteiger partial charge on any atom is 0.225 e. The first-order valence-electron chi connectivity index (χ1n) is 7.94. The molecule has 0 aromatic heterocycles. The Hall–Kier alpha value is -1.35. The Balaban J connectivity index is 2.27. The van der Waals surface area contributed by atoms with E-state index in [4.69, 9.17) is 0 Å². The lowest BCUT2D eigenvalue weighted by Crippen LogP contribution is -2.38. The van der Waals surface area contributed by atoms with Gasteiger partial charge in [0.25, 0.3) is 0 Å². The molecule has 0 fully saturated rings. The van der Waals surface area contributed by atoms with Crippen molar-refractivity contribution in [1.29, 1.82) is 0 Å². The van der Waals surface area contributed by atoms with E-state index in [2.05, 4.69) is 17.4 Å². The molecule has 3 heteroatoms. The first-order valence-corrected chi connectivity index (χ1v) is 7.94. The molecule has 2 rings (SSSR count). The number of aliphatic hydroxyl groups is 1. The van der Waals surface area contributed by atoms with Crippen LogP contribution in [-0.2, 0) is 11.2 Å². The standard InChI is InChI=1S/C18H27NO2/c1-5-16(20)13-10-9-12-7-6-8-15(14(12)11-13)19-17(21)18(2,3)4/h9-11,15-16,20H,5-8H2,1-4H3,(H,19,21). The Bertz CT molecular complexity index is 516. The topological polar surface area (TPSA) is 49.3 Å². The van der Waals surface area contributed by atoms with Gasteiger partial charge in [0.1, 0.15) is 0 Å². The number of benzene rings is 1. The van der Waals surface area contributed by atoms with Gasteiger partial charge in [-0.05, 0) is 42.4 Å². The molecule has 1 aromatic carbocycles. The number of carbonyl (C=O) groups excluding carboxylic acids is 1. The van der Waals surface area contributed by atoms with Crippen LogP contribution >= 0.6 is 0 Å². The average Bonchev–Trinajstić information content (AvgIpc) is 2.45. The monoisotopic (exact) mass is 289 g/mol. The van der Waals surface area contributed by atoms with Crippen molar-refractivity contribution in [3.05, 3.63) is 34.9 Å². The Morgan fingerprint density at radius 3 is 2.76 bits per heavy atom. The first-order chi connectivity index (χ1) is 9.82. The fourth-order valence-corrected chi connectivity index (χ4v) is 2.79. The minimum atomic E-state index is -0.420. The van der Waals surface area contributed by atoms with E-state index in [9.17, 15) is 9.90 Å². The zero-order chi connectivity index (χ0) is 15.6. The smallest absolute Gasteiger partial charge is 0.225 e. The second-order valence-corrected chi connectivity index (χ2v) is 7.05. The number of aryl methyl sites for hydroxylation is 1. The highest BCUT2D eigenvalue weighted by molar-refractivity contribution is 5.81. The van der Waals surface area contributed by atoms with Crippen molar-refractivity contribution in [3.8, 4) is 0 Å². The van der Waals surface area contributed by atoms with E-state index in [0.717, 1.165) is 24.8 Å². The van der Waals surface area contributed by atoms with Crippen LogP contribution in [0.2, 0.25) is 0 Å². The molecule has 0 spiro atoms. The minimum Gasteiger partial charge on any atom is -0.388 e. The minimum absolute atomic E-state index is 0.0736. The van der Waals surface area contributed by atoms with E-state index in [1.165, 1.54) is 11.1 Å². The highest BCUT2D eigenvalue weighted by Gasteiger charge is 2.27. The summed E-state index contributed by atoms with van der Waals surface area (Å²) in [5, 5.41) is 13.2. The van der Waals surface area contributed by atoms with Gasteiger partial charge in [0.15, 0.2) is 0 Å². The van der Waals surface area contributed by atoms with Crippen molar-refractivity contribution in [3.63, 3.8) is 0 Å². The predicted octanol–water partition coefficient (Wildman–Crippen LogP) is 3.67. The van der Waals surface area contributed by atoms with Crippen LogP contribution in [0.3, 0.4) is 0 Å². The molecule has 1 aliphatic rings. The van der Waals surface area contributed by atoms with Crippen molar-refractivity contribution in [2.75, 3.05) is 0 Å². The third-order valence-electron chi connectivity index (χ3n) is 4.24. The summed E-state index contributed by atoms with van der Waals surface area (Å²) in [6.45, 7) is 7.78. The zero-order valence-electron chi connectivity index (χ0n) is 13.6. The second-order valence-electron chi connectivity index (χ2n) is 7.05. The first kappa shape index (κ1) is 16.0. The highest BCUT2D eigenvalue weighted by Crippen LogP contribution is 2.33. The van der Waals surface area contributed by atoms with Crippen molar-refractivity contribution < 1.29 is 9.90 Å². The molecule has 2 atom stereocenters. The van der Waals surface area contributed by atoms with Crippen molar-refractivity contribution >= 4 is 5.91 Å². The van der Waals surface area contributed by atoms with E-state index < -0.39 is 6.10 Å². The van der Waals surface area contributed by atoms with Gasteiger partial charge in [-0.3, -0.25) is 4.79 Å². The van der Waals surface area contributed by atoms with E-state index in [1.807, 2.05) is 33.8 Å². The maximum absolute atomic E-state index is 12.3. The van der Waals surface area contributed by atoms with Crippen LogP contribution in [0.4, 0.5) is 0 Å². The quantitative estimate of drug-likeness (QED) is 0.892. The largest absolute Gasteiger partial charge is 0.388 e. The summed E-state index contributed by atoms with van der Waals surface area (Å²) in [6.07, 6.45) is 3.41. The van der Waals surface area contributed by atoms with Crippen LogP contribution in [0, 0.1) is 5.41 Å². The third kappa shape index (κ3) is 3.65. The van der Waals surface area contributed by atoms with Gasteiger partial charge in [-0.25, -0.2) is 0 Å². The van der Waals surface area contributed by atoms with Gasteiger partial charge in [0, 0.05) is 5.41 Å². The Morgan fingerprint density at radius 1 is 1.43 bits per heavy atom. The molecule has 116 valence electrons. The summed E-state index contributed by atoms with van der Waals surface area (Å²) in [7, 11) is 0. The lowest BCUT2D eigenvalue weighted by molar-refractivity contribution is -0.129. The molecule has 0 saturated heterocycles. The fraction of sp³-hybridized carbons (Fsp3) is 0.611. The number of amides is 1. The third-order valence-corrected chi connectivity index (χ3v) is 4.24. The van der Waals surface area contributed by atoms with Gasteiger partial charge >= 0.3 is 0 Å². The number of hydrogen-bond donors (Lipinski definition) is 2. The summed E-state index contributed by atoms with van der Waals surface area (Å²) in [4.78, 5) is 12.3. The summed E-state index contributed by atoms with van der Waals surface area (Å²) in [5.41, 5.74) is 3.06. The van der Waals surface area contributed by atoms with Crippen molar-refractivity contribution in [2.24, 2.45) is 5.41 Å². The summed E-state index contributed by atoms with van der Waals surface area (Å²) in [6, 6.07) is 6.28. The fourth-order valence-electron chi connectivity index (χ4n) is 2.79. The van der Waals surface area contributed by atoms with Gasteiger partial charge in [0.05, 0.1) is 12.1 Å². The van der Waals surface area contributed by atoms with Gasteiger partial charge in [-0.1, -0.05) is 45.9 Å². The highest BCUT2D eigenvalue weighted by atomic mass is 16.3. The summed E-state index contributed by atoms with van der Waals surface area (Å²) >= 11 is 0. The Labute approximate surface area is 127 Å². The van der Waals surface area contributed by atoms with Gasteiger partial charge in [0.2, 0.25) is 5.91 Å². The molecule has 21 heavy (non-hydrogen) atoms. The number of carbonyl (C=O) groups is 1. The molecule has 0 aliphatic heterocycles. The van der Waals surface area contributed by atoms with Crippen molar-refractivity contribution in [2.45, 2.75) is 65.5 Å². The number of rotatable bonds is 3. The van der Waals surface area contributed by atoms with E-state index in [0.29, 0.717) is 6.42 Å². The SMILES string of the molecule is CCC(O)c1ccc2c(c1)C(NC(=O)C(C)(C)C)CCC2. The molecule has 0 heterocycles. The molecule has 3 nitrogen and oxygen atoms in total. The Kier molecular flexibility index (Phi) is 4.72. The molecule has 1 aliphatic carbocycles. The summed E-state index contributed by atoms with van der Waals surface area (Å²) in [5.74, 6) is 0.0850. The number of fused-ring (bicyclic) bond motifs is 1. The molecule has 0 saturated carbocycles. The van der Waals surface area contributed by atoms with Crippen LogP contribution in [0.15, 0.2) is 18.2 Å². The molecule has 1 aromatic rings. The number of aliphatic hydroxyl groups excluding tert-OH is 1. The molecule has 1 amide bonds. The predicted molar refractivity (Wildman–Crippen MR) is 85.0 cm³/mol. The lowest BCUT2D eigenvalue weighted by atomic mass is 9.84. The number of nitrogens with one attached hydrogen (secondary N) is 1. The Morgan fingerprint density at radius 2 is 2.14 bits per heavy atom. The zero-order valence-corrected chi connectivity index (χ0v) is 13.6. The molecule has 0 bridgehead atoms. The van der Waals surface area contributed by atoms with Crippen molar-refractivity contribution in [1.82, 2.24) is 5.32 Å². The van der Waals surface area contributed by atoms with Gasteiger partial charge in [-0.15, -0.1) is 0 Å². The molecular weight excluding hydrogens is 262 g/mol. The van der Waals surface area contributed by atoms with Crippen LogP contribution in [-0.4, -0.2) is 11.0 Å². The molecular formula is C18H27NO2. The molecule has 2 N–H and O–H groups in total. The maximum atomic E-state index is 12.3. The lowest BCUT2D eigenvalue weighted by Gasteiger charge is -2.30. The van der Waals surface area contributed by atoms with Crippen LogP contribution < -0.4 is 5.32 Å². The van der Waals surface area contributed by atoms with E-state index >= 15 is 0 Å². The van der Waals surface area contributed by atoms with Crippen LogP contribution in [0.5, 0.6) is 0 Å². The van der Waals surface area contributed by atoms with Gasteiger partial charge in [-0.2, -0.15) is 0 Å². The van der Waals surface area contributed by atoms with Crippen LogP contribution in [0.1, 0.15) is 75.8 Å². The van der Waals surface area contributed by atoms with Crippen LogP contribution in [0.25, 0.3) is 0 Å². The molecule has 0 radical (unpaired) electrons. The van der Waals surface area contributed by atoms with E-state index in [1.54, 1.807) is 0 Å². The van der Waals surface area contributed by atoms with E-state index in [-0.39, 0.29) is 17.4 Å². The van der Waals surface area contributed by atoms with Gasteiger partial charge < -0.3 is 10.4 Å².